The molecular formula is C20H26N6O6. The van der Waals surface area contributed by atoms with Crippen LogP contribution in [0.3, 0.4) is 0 Å². The lowest BCUT2D eigenvalue weighted by molar-refractivity contribution is -0.151. The number of nitrogens with zero attached hydrogens (tertiary/aromatic N) is 5. The molecule has 0 aliphatic carbocycles. The van der Waals surface area contributed by atoms with Crippen LogP contribution in [0.4, 0.5) is 5.69 Å². The smallest absolute Gasteiger partial charge is 0.320 e. The molecule has 2 unspecified atom stereocenters. The number of benzene rings is 1. The first-order valence-electron chi connectivity index (χ1n) is 10.3. The Morgan fingerprint density at radius 1 is 1.12 bits per heavy atom. The molecule has 2 aliphatic rings. The van der Waals surface area contributed by atoms with Crippen LogP contribution in [0.25, 0.3) is 0 Å². The van der Waals surface area contributed by atoms with Crippen molar-refractivity contribution in [1.29, 1.82) is 0 Å². The van der Waals surface area contributed by atoms with Gasteiger partial charge in [0.2, 0.25) is 5.82 Å². The van der Waals surface area contributed by atoms with Gasteiger partial charge in [0, 0.05) is 31.9 Å². The van der Waals surface area contributed by atoms with Crippen LogP contribution < -0.4 is 10.6 Å². The first kappa shape index (κ1) is 22.1. The molecule has 4 N–H and O–H groups in total. The van der Waals surface area contributed by atoms with Crippen molar-refractivity contribution in [2.24, 2.45) is 5.73 Å². The number of carbonyl (C=O) groups excluding carboxylic acids is 2. The largest absolute Gasteiger partial charge is 0.462 e. The molecule has 12 nitrogen and oxygen atoms in total. The average Bonchev–Trinajstić information content (AvgIpc) is 3.39. The van der Waals surface area contributed by atoms with Crippen LogP contribution >= 0.6 is 0 Å². The van der Waals surface area contributed by atoms with Crippen molar-refractivity contribution in [2.75, 3.05) is 44.2 Å². The van der Waals surface area contributed by atoms with Crippen molar-refractivity contribution in [3.63, 3.8) is 0 Å². The molecule has 3 heterocycles. The number of piperazine rings is 1. The SMILES string of the molecule is NC(=O)c1ncn([C@@H]2O[C@H](COC(=O)CN3CCN(c4ccccc4)CC3)C(O)C2O)n1. The minimum atomic E-state index is -1.34. The highest BCUT2D eigenvalue weighted by atomic mass is 16.6. The maximum absolute atomic E-state index is 12.3. The summed E-state index contributed by atoms with van der Waals surface area (Å²) in [4.78, 5) is 31.4. The lowest BCUT2D eigenvalue weighted by atomic mass is 10.1. The maximum atomic E-state index is 12.3. The Hall–Kier alpha value is -3.06. The molecule has 4 atom stereocenters. The topological polar surface area (TPSA) is 156 Å². The summed E-state index contributed by atoms with van der Waals surface area (Å²) in [5.74, 6) is -1.51. The van der Waals surface area contributed by atoms with Gasteiger partial charge in [-0.05, 0) is 12.1 Å². The fourth-order valence-corrected chi connectivity index (χ4v) is 3.80. The molecule has 2 fully saturated rings. The lowest BCUT2D eigenvalue weighted by Gasteiger charge is -2.35. The van der Waals surface area contributed by atoms with Gasteiger partial charge in [-0.15, -0.1) is 5.10 Å². The third-order valence-corrected chi connectivity index (χ3v) is 5.58. The predicted molar refractivity (Wildman–Crippen MR) is 111 cm³/mol. The Kier molecular flexibility index (Phi) is 6.65. The summed E-state index contributed by atoms with van der Waals surface area (Å²) in [6, 6.07) is 10.1. The molecule has 0 bridgehead atoms. The van der Waals surface area contributed by atoms with Crippen molar-refractivity contribution in [2.45, 2.75) is 24.5 Å². The number of para-hydroxylation sites is 1. The average molecular weight is 446 g/mol. The highest BCUT2D eigenvalue weighted by Gasteiger charge is 2.45. The van der Waals surface area contributed by atoms with Gasteiger partial charge in [-0.3, -0.25) is 14.5 Å². The Labute approximate surface area is 184 Å². The van der Waals surface area contributed by atoms with Crippen LogP contribution in [0.1, 0.15) is 16.8 Å². The third kappa shape index (κ3) is 4.88. The van der Waals surface area contributed by atoms with Crippen molar-refractivity contribution >= 4 is 17.6 Å². The number of anilines is 1. The molecule has 2 aromatic rings. The highest BCUT2D eigenvalue weighted by Crippen LogP contribution is 2.29. The molecule has 2 saturated heterocycles. The second-order valence-electron chi connectivity index (χ2n) is 7.74. The van der Waals surface area contributed by atoms with Gasteiger partial charge in [-0.1, -0.05) is 18.2 Å². The molecule has 1 amide bonds. The number of primary amides is 1. The third-order valence-electron chi connectivity index (χ3n) is 5.58. The van der Waals surface area contributed by atoms with Crippen molar-refractivity contribution < 1.29 is 29.3 Å². The number of aliphatic hydroxyl groups excluding tert-OH is 2. The van der Waals surface area contributed by atoms with Crippen molar-refractivity contribution in [3.8, 4) is 0 Å². The van der Waals surface area contributed by atoms with E-state index >= 15 is 0 Å². The number of amides is 1. The predicted octanol–water partition coefficient (Wildman–Crippen LogP) is -1.64. The van der Waals surface area contributed by atoms with Gasteiger partial charge < -0.3 is 30.3 Å². The van der Waals surface area contributed by atoms with E-state index in [1.165, 1.54) is 6.33 Å². The van der Waals surface area contributed by atoms with E-state index in [9.17, 15) is 19.8 Å². The molecule has 1 aromatic heterocycles. The Morgan fingerprint density at radius 3 is 2.50 bits per heavy atom. The van der Waals surface area contributed by atoms with Gasteiger partial charge >= 0.3 is 5.97 Å². The van der Waals surface area contributed by atoms with Crippen molar-refractivity contribution in [1.82, 2.24) is 19.7 Å². The summed E-state index contributed by atoms with van der Waals surface area (Å²) >= 11 is 0. The molecule has 4 rings (SSSR count). The number of aliphatic hydroxyl groups is 2. The van der Waals surface area contributed by atoms with Crippen LogP contribution in [0.15, 0.2) is 36.7 Å². The van der Waals surface area contributed by atoms with E-state index in [2.05, 4.69) is 27.1 Å². The quantitative estimate of drug-likeness (QED) is 0.422. The summed E-state index contributed by atoms with van der Waals surface area (Å²) in [5, 5.41) is 24.3. The van der Waals surface area contributed by atoms with E-state index in [-0.39, 0.29) is 19.0 Å². The van der Waals surface area contributed by atoms with E-state index in [1.54, 1.807) is 0 Å². The Morgan fingerprint density at radius 2 is 1.84 bits per heavy atom. The minimum absolute atomic E-state index is 0.127. The van der Waals surface area contributed by atoms with E-state index in [1.807, 2.05) is 23.1 Å². The maximum Gasteiger partial charge on any atom is 0.320 e. The van der Waals surface area contributed by atoms with Gasteiger partial charge in [0.1, 0.15) is 31.2 Å². The second kappa shape index (κ2) is 9.61. The summed E-state index contributed by atoms with van der Waals surface area (Å²) in [7, 11) is 0. The number of rotatable bonds is 7. The summed E-state index contributed by atoms with van der Waals surface area (Å²) < 4.78 is 12.0. The number of nitrogens with two attached hydrogens (primary N) is 1. The van der Waals surface area contributed by atoms with E-state index in [0.717, 1.165) is 36.5 Å². The monoisotopic (exact) mass is 446 g/mol. The summed E-state index contributed by atoms with van der Waals surface area (Å²) in [6.07, 6.45) is -3.50. The van der Waals surface area contributed by atoms with Gasteiger partial charge in [0.15, 0.2) is 6.23 Å². The minimum Gasteiger partial charge on any atom is -0.462 e. The summed E-state index contributed by atoms with van der Waals surface area (Å²) in [6.45, 7) is 2.96. The lowest BCUT2D eigenvalue weighted by Crippen LogP contribution is -2.48. The molecule has 172 valence electrons. The Balaban J connectivity index is 1.23. The molecule has 32 heavy (non-hydrogen) atoms. The van der Waals surface area contributed by atoms with Gasteiger partial charge in [0.05, 0.1) is 6.54 Å². The molecule has 0 radical (unpaired) electrons. The number of ether oxygens (including phenoxy) is 2. The number of hydrogen-bond donors (Lipinski definition) is 3. The zero-order chi connectivity index (χ0) is 22.7. The molecular weight excluding hydrogens is 420 g/mol. The second-order valence-corrected chi connectivity index (χ2v) is 7.74. The summed E-state index contributed by atoms with van der Waals surface area (Å²) in [5.41, 5.74) is 6.27. The van der Waals surface area contributed by atoms with Crippen LogP contribution in [0.5, 0.6) is 0 Å². The van der Waals surface area contributed by atoms with Gasteiger partial charge in [-0.25, -0.2) is 9.67 Å². The number of carbonyl (C=O) groups is 2. The number of hydrogen-bond acceptors (Lipinski definition) is 10. The van der Waals surface area contributed by atoms with Crippen LogP contribution in [0, 0.1) is 0 Å². The van der Waals surface area contributed by atoms with Crippen LogP contribution in [0.2, 0.25) is 0 Å². The fraction of sp³-hybridized carbons (Fsp3) is 0.500. The zero-order valence-electron chi connectivity index (χ0n) is 17.4. The van der Waals surface area contributed by atoms with E-state index in [4.69, 9.17) is 15.2 Å². The fourth-order valence-electron chi connectivity index (χ4n) is 3.80. The number of aromatic nitrogens is 3. The first-order valence-corrected chi connectivity index (χ1v) is 10.3. The van der Waals surface area contributed by atoms with Gasteiger partial charge in [-0.2, -0.15) is 0 Å². The normalized spacial score (nSPS) is 26.2. The van der Waals surface area contributed by atoms with E-state index in [0.29, 0.717) is 0 Å². The molecule has 1 aromatic carbocycles. The van der Waals surface area contributed by atoms with Crippen LogP contribution in [-0.4, -0.2) is 99.4 Å². The number of esters is 1. The van der Waals surface area contributed by atoms with Crippen molar-refractivity contribution in [3.05, 3.63) is 42.5 Å². The molecule has 12 heteroatoms. The molecule has 2 aliphatic heterocycles. The van der Waals surface area contributed by atoms with Crippen LogP contribution in [-0.2, 0) is 14.3 Å². The molecule has 0 spiro atoms. The Bertz CT molecular complexity index is 932. The molecule has 0 saturated carbocycles. The first-order chi connectivity index (χ1) is 15.4. The van der Waals surface area contributed by atoms with E-state index < -0.39 is 36.4 Å². The van der Waals surface area contributed by atoms with Gasteiger partial charge in [0.25, 0.3) is 5.91 Å². The highest BCUT2D eigenvalue weighted by molar-refractivity contribution is 5.88. The zero-order valence-corrected chi connectivity index (χ0v) is 17.4. The standard InChI is InChI=1S/C20H26N6O6/c21-18(30)19-22-12-26(23-19)20-17(29)16(28)14(32-20)11-31-15(27)10-24-6-8-25(9-7-24)13-4-2-1-3-5-13/h1-5,12,14,16-17,20,28-29H,6-11H2,(H2,21,30)/t14-,16?,17?,20-/m1/s1.